The molecule has 2 aromatic rings. The minimum absolute atomic E-state index is 0.00852. The van der Waals surface area contributed by atoms with Gasteiger partial charge in [0, 0.05) is 11.6 Å². The van der Waals surface area contributed by atoms with E-state index in [0.29, 0.717) is 22.7 Å². The first-order valence-electron chi connectivity index (χ1n) is 6.98. The zero-order chi connectivity index (χ0) is 15.4. The summed E-state index contributed by atoms with van der Waals surface area (Å²) in [6.07, 6.45) is 0.996. The van der Waals surface area contributed by atoms with Crippen molar-refractivity contribution < 1.29 is 8.78 Å². The van der Waals surface area contributed by atoms with Crippen LogP contribution in [-0.2, 0) is 6.54 Å². The van der Waals surface area contributed by atoms with Gasteiger partial charge in [-0.1, -0.05) is 30.7 Å². The summed E-state index contributed by atoms with van der Waals surface area (Å²) in [7, 11) is 0. The average Bonchev–Trinajstić information content (AvgIpc) is 2.46. The van der Waals surface area contributed by atoms with Crippen LogP contribution in [0.1, 0.15) is 24.5 Å². The molecule has 0 aromatic heterocycles. The summed E-state index contributed by atoms with van der Waals surface area (Å²) in [4.78, 5) is 0. The van der Waals surface area contributed by atoms with Crippen molar-refractivity contribution >= 4 is 11.6 Å². The molecule has 0 saturated heterocycles. The second-order valence-corrected chi connectivity index (χ2v) is 5.47. The molecule has 0 amide bonds. The number of halogens is 3. The summed E-state index contributed by atoms with van der Waals surface area (Å²) in [5.74, 6) is -1.11. The van der Waals surface area contributed by atoms with Crippen LogP contribution in [0.4, 0.5) is 8.78 Å². The van der Waals surface area contributed by atoms with Crippen molar-refractivity contribution in [1.82, 2.24) is 5.32 Å². The molecule has 2 aromatic carbocycles. The Kier molecular flexibility index (Phi) is 5.32. The summed E-state index contributed by atoms with van der Waals surface area (Å²) in [6, 6.07) is 7.89. The Morgan fingerprint density at radius 2 is 1.90 bits per heavy atom. The molecule has 0 unspecified atom stereocenters. The van der Waals surface area contributed by atoms with Gasteiger partial charge >= 0.3 is 0 Å². The second kappa shape index (κ2) is 7.01. The van der Waals surface area contributed by atoms with Crippen LogP contribution < -0.4 is 5.32 Å². The molecule has 21 heavy (non-hydrogen) atoms. The standard InChI is InChI=1S/C17H18ClF2N/c1-3-8-21-10-12-5-6-13(18)9-14(12)16-15(19)7-4-11(2)17(16)20/h4-7,9,21H,3,8,10H2,1-2H3. The molecule has 1 nitrogen and oxygen atoms in total. The summed E-state index contributed by atoms with van der Waals surface area (Å²) in [6.45, 7) is 5.08. The van der Waals surface area contributed by atoms with Gasteiger partial charge in [-0.25, -0.2) is 8.78 Å². The van der Waals surface area contributed by atoms with E-state index in [1.807, 2.05) is 6.07 Å². The van der Waals surface area contributed by atoms with Gasteiger partial charge in [-0.3, -0.25) is 0 Å². The summed E-state index contributed by atoms with van der Waals surface area (Å²) < 4.78 is 28.5. The van der Waals surface area contributed by atoms with E-state index < -0.39 is 11.6 Å². The summed E-state index contributed by atoms with van der Waals surface area (Å²) in [5.41, 5.74) is 1.74. The van der Waals surface area contributed by atoms with Gasteiger partial charge in [-0.2, -0.15) is 0 Å². The zero-order valence-electron chi connectivity index (χ0n) is 12.1. The average molecular weight is 310 g/mol. The van der Waals surface area contributed by atoms with Crippen LogP contribution in [0.3, 0.4) is 0 Å². The smallest absolute Gasteiger partial charge is 0.136 e. The van der Waals surface area contributed by atoms with Crippen LogP contribution in [0.5, 0.6) is 0 Å². The molecule has 0 saturated carbocycles. The normalized spacial score (nSPS) is 10.9. The summed E-state index contributed by atoms with van der Waals surface area (Å²) in [5, 5.41) is 3.71. The van der Waals surface area contributed by atoms with Gasteiger partial charge in [-0.05, 0) is 54.8 Å². The van der Waals surface area contributed by atoms with E-state index in [1.54, 1.807) is 19.1 Å². The zero-order valence-corrected chi connectivity index (χ0v) is 12.9. The van der Waals surface area contributed by atoms with Crippen LogP contribution in [0.2, 0.25) is 5.02 Å². The van der Waals surface area contributed by atoms with Gasteiger partial charge in [0.25, 0.3) is 0 Å². The van der Waals surface area contributed by atoms with Crippen molar-refractivity contribution in [3.63, 3.8) is 0 Å². The number of nitrogens with one attached hydrogen (secondary N) is 1. The van der Waals surface area contributed by atoms with Crippen molar-refractivity contribution in [2.45, 2.75) is 26.8 Å². The predicted octanol–water partition coefficient (Wildman–Crippen LogP) is 5.09. The molecule has 0 aliphatic heterocycles. The Labute approximate surface area is 128 Å². The van der Waals surface area contributed by atoms with Gasteiger partial charge in [0.15, 0.2) is 0 Å². The van der Waals surface area contributed by atoms with Crippen LogP contribution in [0, 0.1) is 18.6 Å². The van der Waals surface area contributed by atoms with Crippen molar-refractivity contribution in [3.05, 3.63) is 58.1 Å². The first-order valence-corrected chi connectivity index (χ1v) is 7.36. The molecule has 0 aliphatic carbocycles. The SMILES string of the molecule is CCCNCc1ccc(Cl)cc1-c1c(F)ccc(C)c1F. The maximum Gasteiger partial charge on any atom is 0.136 e. The molecule has 0 aliphatic rings. The number of hydrogen-bond acceptors (Lipinski definition) is 1. The Morgan fingerprint density at radius 3 is 2.62 bits per heavy atom. The third-order valence-electron chi connectivity index (χ3n) is 3.37. The van der Waals surface area contributed by atoms with Crippen LogP contribution in [0.25, 0.3) is 11.1 Å². The van der Waals surface area contributed by atoms with Crippen molar-refractivity contribution in [2.75, 3.05) is 6.54 Å². The first-order chi connectivity index (χ1) is 10.0. The lowest BCUT2D eigenvalue weighted by atomic mass is 9.97. The molecule has 2 rings (SSSR count). The highest BCUT2D eigenvalue weighted by atomic mass is 35.5. The van der Waals surface area contributed by atoms with Gasteiger partial charge in [-0.15, -0.1) is 0 Å². The van der Waals surface area contributed by atoms with Crippen molar-refractivity contribution in [1.29, 1.82) is 0 Å². The third kappa shape index (κ3) is 3.60. The Morgan fingerprint density at radius 1 is 1.14 bits per heavy atom. The fourth-order valence-electron chi connectivity index (χ4n) is 2.24. The van der Waals surface area contributed by atoms with Crippen molar-refractivity contribution in [3.8, 4) is 11.1 Å². The highest BCUT2D eigenvalue weighted by Gasteiger charge is 2.17. The Bertz CT molecular complexity index is 641. The number of benzene rings is 2. The third-order valence-corrected chi connectivity index (χ3v) is 3.60. The van der Waals surface area contributed by atoms with Gasteiger partial charge in [0.1, 0.15) is 11.6 Å². The van der Waals surface area contributed by atoms with Gasteiger partial charge in [0.05, 0.1) is 5.56 Å². The number of hydrogen-bond donors (Lipinski definition) is 1. The lowest BCUT2D eigenvalue weighted by Gasteiger charge is -2.14. The number of aryl methyl sites for hydroxylation is 1. The van der Waals surface area contributed by atoms with Crippen LogP contribution >= 0.6 is 11.6 Å². The fraction of sp³-hybridized carbons (Fsp3) is 0.294. The molecule has 0 fully saturated rings. The monoisotopic (exact) mass is 309 g/mol. The fourth-order valence-corrected chi connectivity index (χ4v) is 2.41. The van der Waals surface area contributed by atoms with Crippen molar-refractivity contribution in [2.24, 2.45) is 0 Å². The lowest BCUT2D eigenvalue weighted by molar-refractivity contribution is 0.583. The van der Waals surface area contributed by atoms with Crippen LogP contribution in [0.15, 0.2) is 30.3 Å². The molecule has 0 heterocycles. The Balaban J connectivity index is 2.52. The lowest BCUT2D eigenvalue weighted by Crippen LogP contribution is -2.14. The topological polar surface area (TPSA) is 12.0 Å². The molecule has 112 valence electrons. The van der Waals surface area contributed by atoms with E-state index in [1.165, 1.54) is 12.1 Å². The Hall–Kier alpha value is -1.45. The second-order valence-electron chi connectivity index (χ2n) is 5.03. The molecule has 0 bridgehead atoms. The van der Waals surface area contributed by atoms with Gasteiger partial charge < -0.3 is 5.32 Å². The molecule has 4 heteroatoms. The maximum atomic E-state index is 14.3. The molecule has 0 radical (unpaired) electrons. The summed E-state index contributed by atoms with van der Waals surface area (Å²) >= 11 is 6.01. The van der Waals surface area contributed by atoms with E-state index >= 15 is 0 Å². The van der Waals surface area contributed by atoms with E-state index in [2.05, 4.69) is 12.2 Å². The highest BCUT2D eigenvalue weighted by molar-refractivity contribution is 6.30. The van der Waals surface area contributed by atoms with E-state index in [9.17, 15) is 8.78 Å². The first kappa shape index (κ1) is 15.9. The molecular formula is C17H18ClF2N. The largest absolute Gasteiger partial charge is 0.313 e. The van der Waals surface area contributed by atoms with Gasteiger partial charge in [0.2, 0.25) is 0 Å². The maximum absolute atomic E-state index is 14.3. The molecule has 1 N–H and O–H groups in total. The van der Waals surface area contributed by atoms with E-state index in [0.717, 1.165) is 18.5 Å². The molecule has 0 spiro atoms. The quantitative estimate of drug-likeness (QED) is 0.758. The van der Waals surface area contributed by atoms with E-state index in [4.69, 9.17) is 11.6 Å². The molecular weight excluding hydrogens is 292 g/mol. The van der Waals surface area contributed by atoms with Crippen LogP contribution in [-0.4, -0.2) is 6.54 Å². The predicted molar refractivity (Wildman–Crippen MR) is 83.5 cm³/mol. The minimum Gasteiger partial charge on any atom is -0.313 e. The molecule has 0 atom stereocenters. The number of rotatable bonds is 5. The van der Waals surface area contributed by atoms with E-state index in [-0.39, 0.29) is 5.56 Å². The highest BCUT2D eigenvalue weighted by Crippen LogP contribution is 2.32. The minimum atomic E-state index is -0.572.